The fraction of sp³-hybridized carbons (Fsp3) is 0.571. The summed E-state index contributed by atoms with van der Waals surface area (Å²) in [5.41, 5.74) is 0. The summed E-state index contributed by atoms with van der Waals surface area (Å²) in [7, 11) is -2.04. The molecular formula is C7H12ClN3O3S. The maximum Gasteiger partial charge on any atom is 0.257 e. The summed E-state index contributed by atoms with van der Waals surface area (Å²) in [6.45, 7) is 0.393. The molecule has 1 heterocycles. The Balaban J connectivity index is 2.52. The molecule has 86 valence electrons. The number of H-pyrrole nitrogens is 1. The molecule has 8 heteroatoms. The quantitative estimate of drug-likeness (QED) is 0.696. The molecule has 0 amide bonds. The zero-order chi connectivity index (χ0) is 11.3. The number of aromatic amines is 1. The molecule has 2 N–H and O–H groups in total. The highest BCUT2D eigenvalue weighted by atomic mass is 35.5. The van der Waals surface area contributed by atoms with Crippen LogP contribution in [0.15, 0.2) is 17.3 Å². The Hall–Kier alpha value is -0.630. The Morgan fingerprint density at radius 2 is 2.47 bits per heavy atom. The first-order valence-electron chi connectivity index (χ1n) is 4.18. The van der Waals surface area contributed by atoms with Gasteiger partial charge in [-0.3, -0.25) is 5.10 Å². The number of ether oxygens (including phenoxy) is 1. The number of alkyl halides is 1. The van der Waals surface area contributed by atoms with Gasteiger partial charge >= 0.3 is 0 Å². The van der Waals surface area contributed by atoms with Crippen molar-refractivity contribution in [2.75, 3.05) is 20.3 Å². The molecule has 0 saturated carbocycles. The Morgan fingerprint density at radius 1 is 1.73 bits per heavy atom. The first-order chi connectivity index (χ1) is 7.06. The van der Waals surface area contributed by atoms with E-state index in [1.54, 1.807) is 0 Å². The number of sulfonamides is 1. The standard InChI is InChI=1S/C7H12ClN3O3S/c1-14-5-6(8)4-10-15(12,13)7-2-3-9-11-7/h2-3,6,10H,4-5H2,1H3,(H,9,11). The zero-order valence-corrected chi connectivity index (χ0v) is 9.68. The van der Waals surface area contributed by atoms with Crippen molar-refractivity contribution in [1.29, 1.82) is 0 Å². The highest BCUT2D eigenvalue weighted by molar-refractivity contribution is 7.89. The second kappa shape index (κ2) is 5.45. The topological polar surface area (TPSA) is 84.1 Å². The van der Waals surface area contributed by atoms with Crippen LogP contribution in [0.4, 0.5) is 0 Å². The van der Waals surface area contributed by atoms with E-state index < -0.39 is 15.4 Å². The number of nitrogens with zero attached hydrogens (tertiary/aromatic N) is 1. The lowest BCUT2D eigenvalue weighted by molar-refractivity contribution is 0.198. The van der Waals surface area contributed by atoms with Crippen molar-refractivity contribution in [1.82, 2.24) is 14.9 Å². The fourth-order valence-corrected chi connectivity index (χ4v) is 2.19. The van der Waals surface area contributed by atoms with Crippen molar-refractivity contribution in [3.05, 3.63) is 12.3 Å². The largest absolute Gasteiger partial charge is 0.383 e. The molecule has 0 fully saturated rings. The minimum absolute atomic E-state index is 0.0174. The molecule has 1 aromatic rings. The summed E-state index contributed by atoms with van der Waals surface area (Å²) in [6.07, 6.45) is 1.36. The van der Waals surface area contributed by atoms with Crippen LogP contribution in [0.5, 0.6) is 0 Å². The monoisotopic (exact) mass is 253 g/mol. The zero-order valence-electron chi connectivity index (χ0n) is 8.10. The van der Waals surface area contributed by atoms with E-state index in [-0.39, 0.29) is 18.2 Å². The van der Waals surface area contributed by atoms with Gasteiger partial charge in [-0.1, -0.05) is 0 Å². The minimum Gasteiger partial charge on any atom is -0.383 e. The third kappa shape index (κ3) is 3.78. The first-order valence-corrected chi connectivity index (χ1v) is 6.10. The predicted octanol–water partition coefficient (Wildman–Crippen LogP) is -0.0582. The Morgan fingerprint density at radius 3 is 3.00 bits per heavy atom. The smallest absolute Gasteiger partial charge is 0.257 e. The van der Waals surface area contributed by atoms with Crippen molar-refractivity contribution in [3.63, 3.8) is 0 Å². The van der Waals surface area contributed by atoms with Crippen LogP contribution in [0.1, 0.15) is 0 Å². The normalized spacial score (nSPS) is 14.0. The van der Waals surface area contributed by atoms with Crippen LogP contribution < -0.4 is 4.72 Å². The third-order valence-corrected chi connectivity index (χ3v) is 3.24. The second-order valence-corrected chi connectivity index (χ2v) is 5.18. The highest BCUT2D eigenvalue weighted by Gasteiger charge is 2.16. The van der Waals surface area contributed by atoms with Gasteiger partial charge < -0.3 is 4.74 Å². The second-order valence-electron chi connectivity index (χ2n) is 2.83. The number of rotatable bonds is 6. The van der Waals surface area contributed by atoms with Gasteiger partial charge in [-0.25, -0.2) is 13.1 Å². The maximum absolute atomic E-state index is 11.5. The third-order valence-electron chi connectivity index (χ3n) is 1.61. The Kier molecular flexibility index (Phi) is 4.52. The number of aromatic nitrogens is 2. The maximum atomic E-state index is 11.5. The van der Waals surface area contributed by atoms with E-state index >= 15 is 0 Å². The molecular weight excluding hydrogens is 242 g/mol. The lowest BCUT2D eigenvalue weighted by Gasteiger charge is -2.09. The fourth-order valence-electron chi connectivity index (χ4n) is 0.910. The van der Waals surface area contributed by atoms with Crippen LogP contribution in [0.2, 0.25) is 0 Å². The van der Waals surface area contributed by atoms with E-state index in [1.165, 1.54) is 19.4 Å². The number of hydrogen-bond donors (Lipinski definition) is 2. The van der Waals surface area contributed by atoms with E-state index in [2.05, 4.69) is 14.9 Å². The van der Waals surface area contributed by atoms with Crippen LogP contribution in [0, 0.1) is 0 Å². The summed E-state index contributed by atoms with van der Waals surface area (Å²) >= 11 is 5.77. The summed E-state index contributed by atoms with van der Waals surface area (Å²) in [4.78, 5) is 0. The van der Waals surface area contributed by atoms with Crippen molar-refractivity contribution in [2.24, 2.45) is 0 Å². The SMILES string of the molecule is COCC(Cl)CNS(=O)(=O)c1ccn[nH]1. The van der Waals surface area contributed by atoms with E-state index in [1.807, 2.05) is 0 Å². The van der Waals surface area contributed by atoms with E-state index in [0.29, 0.717) is 0 Å². The van der Waals surface area contributed by atoms with Gasteiger partial charge in [-0.2, -0.15) is 5.10 Å². The van der Waals surface area contributed by atoms with Crippen LogP contribution in [-0.2, 0) is 14.8 Å². The van der Waals surface area contributed by atoms with Crippen LogP contribution in [-0.4, -0.2) is 44.3 Å². The van der Waals surface area contributed by atoms with Gasteiger partial charge in [0, 0.05) is 13.7 Å². The average Bonchev–Trinajstić information content (AvgIpc) is 2.69. The molecule has 15 heavy (non-hydrogen) atoms. The predicted molar refractivity (Wildman–Crippen MR) is 55.3 cm³/mol. The number of methoxy groups -OCH3 is 1. The molecule has 1 rings (SSSR count). The highest BCUT2D eigenvalue weighted by Crippen LogP contribution is 2.03. The molecule has 1 unspecified atom stereocenters. The average molecular weight is 254 g/mol. The number of nitrogens with one attached hydrogen (secondary N) is 2. The Bertz CT molecular complexity index is 378. The summed E-state index contributed by atoms with van der Waals surface area (Å²) in [5, 5.41) is 5.53. The van der Waals surface area contributed by atoms with Gasteiger partial charge in [0.1, 0.15) is 0 Å². The van der Waals surface area contributed by atoms with Gasteiger partial charge in [0.15, 0.2) is 5.03 Å². The molecule has 0 aliphatic heterocycles. The minimum atomic E-state index is -3.54. The van der Waals surface area contributed by atoms with Gasteiger partial charge in [0.25, 0.3) is 10.0 Å². The molecule has 0 aromatic carbocycles. The molecule has 1 aromatic heterocycles. The van der Waals surface area contributed by atoms with Gasteiger partial charge in [0.05, 0.1) is 18.2 Å². The van der Waals surface area contributed by atoms with Gasteiger partial charge in [-0.15, -0.1) is 11.6 Å². The Labute approximate surface area is 93.0 Å². The lowest BCUT2D eigenvalue weighted by atomic mass is 10.5. The van der Waals surface area contributed by atoms with Crippen molar-refractivity contribution < 1.29 is 13.2 Å². The van der Waals surface area contributed by atoms with Gasteiger partial charge in [0.2, 0.25) is 0 Å². The van der Waals surface area contributed by atoms with Crippen LogP contribution >= 0.6 is 11.6 Å². The molecule has 0 spiro atoms. The lowest BCUT2D eigenvalue weighted by Crippen LogP contribution is -2.31. The van der Waals surface area contributed by atoms with Crippen LogP contribution in [0.25, 0.3) is 0 Å². The summed E-state index contributed by atoms with van der Waals surface area (Å²) in [5.74, 6) is 0. The number of hydrogen-bond acceptors (Lipinski definition) is 4. The van der Waals surface area contributed by atoms with E-state index in [4.69, 9.17) is 16.3 Å². The number of halogens is 1. The van der Waals surface area contributed by atoms with E-state index in [0.717, 1.165) is 0 Å². The molecule has 0 aliphatic carbocycles. The van der Waals surface area contributed by atoms with E-state index in [9.17, 15) is 8.42 Å². The molecule has 0 saturated heterocycles. The molecule has 0 bridgehead atoms. The van der Waals surface area contributed by atoms with Crippen molar-refractivity contribution >= 4 is 21.6 Å². The van der Waals surface area contributed by atoms with Gasteiger partial charge in [-0.05, 0) is 6.07 Å². The van der Waals surface area contributed by atoms with Crippen molar-refractivity contribution in [3.8, 4) is 0 Å². The summed E-state index contributed by atoms with van der Waals surface area (Å²) < 4.78 is 30.1. The molecule has 0 radical (unpaired) electrons. The molecule has 0 aliphatic rings. The first kappa shape index (κ1) is 12.4. The molecule has 6 nitrogen and oxygen atoms in total. The summed E-state index contributed by atoms with van der Waals surface area (Å²) in [6, 6.07) is 1.36. The van der Waals surface area contributed by atoms with Crippen LogP contribution in [0.3, 0.4) is 0 Å². The van der Waals surface area contributed by atoms with Crippen molar-refractivity contribution in [2.45, 2.75) is 10.4 Å². The molecule has 1 atom stereocenters.